The van der Waals surface area contributed by atoms with Crippen LogP contribution in [0, 0.1) is 5.92 Å². The number of hydrogen-bond donors (Lipinski definition) is 1. The molecule has 0 bridgehead atoms. The van der Waals surface area contributed by atoms with Gasteiger partial charge in [0.1, 0.15) is 5.54 Å². The monoisotopic (exact) mass is 357 g/mol. The molecule has 2 aromatic rings. The highest BCUT2D eigenvalue weighted by Crippen LogP contribution is 2.29. The topological polar surface area (TPSA) is 62.3 Å². The standard InChI is InChI=1S/C19H23N3O2S/c1-13(2)9-10-16-20-15(12-25-16)11-22-17(23)19(3,21-18(22)24)14-7-5-4-6-8-14/h4-8,12-13H,9-11H2,1-3H3,(H,21,24). The van der Waals surface area contributed by atoms with Crippen LogP contribution in [0.3, 0.4) is 0 Å². The van der Waals surface area contributed by atoms with Crippen molar-refractivity contribution in [2.24, 2.45) is 5.92 Å². The number of urea groups is 1. The minimum absolute atomic E-state index is 0.214. The van der Waals surface area contributed by atoms with E-state index in [1.807, 2.05) is 35.7 Å². The maximum atomic E-state index is 12.9. The molecule has 25 heavy (non-hydrogen) atoms. The molecule has 0 spiro atoms. The third-order valence-electron chi connectivity index (χ3n) is 4.48. The molecule has 1 fully saturated rings. The molecule has 0 saturated carbocycles. The number of carbonyl (C=O) groups excluding carboxylic acids is 2. The van der Waals surface area contributed by atoms with Gasteiger partial charge in [-0.05, 0) is 31.2 Å². The van der Waals surface area contributed by atoms with E-state index < -0.39 is 5.54 Å². The number of aryl methyl sites for hydroxylation is 1. The summed E-state index contributed by atoms with van der Waals surface area (Å²) < 4.78 is 0. The van der Waals surface area contributed by atoms with Crippen LogP contribution in [0.5, 0.6) is 0 Å². The molecular weight excluding hydrogens is 334 g/mol. The van der Waals surface area contributed by atoms with Gasteiger partial charge in [-0.2, -0.15) is 0 Å². The van der Waals surface area contributed by atoms with Crippen molar-refractivity contribution in [3.63, 3.8) is 0 Å². The quantitative estimate of drug-likeness (QED) is 0.802. The summed E-state index contributed by atoms with van der Waals surface area (Å²) in [5, 5.41) is 5.82. The van der Waals surface area contributed by atoms with Gasteiger partial charge in [0.2, 0.25) is 0 Å². The summed E-state index contributed by atoms with van der Waals surface area (Å²) in [6, 6.07) is 8.96. The van der Waals surface area contributed by atoms with Crippen molar-refractivity contribution in [2.75, 3.05) is 0 Å². The first-order chi connectivity index (χ1) is 11.9. The van der Waals surface area contributed by atoms with Crippen molar-refractivity contribution in [3.05, 3.63) is 52.0 Å². The fourth-order valence-corrected chi connectivity index (χ4v) is 3.72. The molecule has 132 valence electrons. The molecule has 1 saturated heterocycles. The molecular formula is C19H23N3O2S. The van der Waals surface area contributed by atoms with Crippen LogP contribution in [-0.2, 0) is 23.3 Å². The van der Waals surface area contributed by atoms with E-state index in [0.29, 0.717) is 5.92 Å². The van der Waals surface area contributed by atoms with Crippen LogP contribution in [0.25, 0.3) is 0 Å². The van der Waals surface area contributed by atoms with Crippen LogP contribution in [-0.4, -0.2) is 21.8 Å². The van der Waals surface area contributed by atoms with Gasteiger partial charge in [-0.15, -0.1) is 11.3 Å². The molecule has 0 aliphatic carbocycles. The molecule has 1 unspecified atom stereocenters. The molecule has 1 atom stereocenters. The van der Waals surface area contributed by atoms with Gasteiger partial charge in [0.05, 0.1) is 17.2 Å². The Morgan fingerprint density at radius 1 is 1.24 bits per heavy atom. The largest absolute Gasteiger partial charge is 0.325 e. The first-order valence-electron chi connectivity index (χ1n) is 8.53. The number of rotatable bonds is 6. The fraction of sp³-hybridized carbons (Fsp3) is 0.421. The Hall–Kier alpha value is -2.21. The molecule has 3 amide bonds. The van der Waals surface area contributed by atoms with Gasteiger partial charge in [0, 0.05) is 5.38 Å². The molecule has 1 aliphatic rings. The Morgan fingerprint density at radius 2 is 1.96 bits per heavy atom. The first kappa shape index (κ1) is 17.6. The van der Waals surface area contributed by atoms with Crippen molar-refractivity contribution in [2.45, 2.75) is 45.7 Å². The van der Waals surface area contributed by atoms with Crippen LogP contribution in [0.4, 0.5) is 4.79 Å². The van der Waals surface area contributed by atoms with E-state index in [2.05, 4.69) is 24.1 Å². The number of thiazole rings is 1. The number of benzene rings is 1. The zero-order chi connectivity index (χ0) is 18.0. The van der Waals surface area contributed by atoms with Gasteiger partial charge in [-0.25, -0.2) is 9.78 Å². The van der Waals surface area contributed by atoms with E-state index in [9.17, 15) is 9.59 Å². The van der Waals surface area contributed by atoms with Crippen molar-refractivity contribution >= 4 is 23.3 Å². The number of nitrogens with one attached hydrogen (secondary N) is 1. The van der Waals surface area contributed by atoms with E-state index in [0.717, 1.165) is 29.1 Å². The molecule has 1 aromatic carbocycles. The Labute approximate surface area is 152 Å². The molecule has 1 aliphatic heterocycles. The number of amides is 3. The molecule has 0 radical (unpaired) electrons. The zero-order valence-corrected chi connectivity index (χ0v) is 15.6. The van der Waals surface area contributed by atoms with Crippen LogP contribution in [0.1, 0.15) is 43.5 Å². The van der Waals surface area contributed by atoms with Crippen LogP contribution >= 0.6 is 11.3 Å². The highest BCUT2D eigenvalue weighted by atomic mass is 32.1. The van der Waals surface area contributed by atoms with E-state index >= 15 is 0 Å². The Kier molecular flexibility index (Phi) is 4.90. The van der Waals surface area contributed by atoms with E-state index in [4.69, 9.17) is 0 Å². The number of hydrogen-bond acceptors (Lipinski definition) is 4. The van der Waals surface area contributed by atoms with E-state index in [-0.39, 0.29) is 18.5 Å². The average molecular weight is 357 g/mol. The van der Waals surface area contributed by atoms with Crippen LogP contribution < -0.4 is 5.32 Å². The highest BCUT2D eigenvalue weighted by molar-refractivity contribution is 7.09. The number of imide groups is 1. The van der Waals surface area contributed by atoms with E-state index in [1.54, 1.807) is 18.3 Å². The maximum absolute atomic E-state index is 12.9. The summed E-state index contributed by atoms with van der Waals surface area (Å²) in [5.74, 6) is 0.394. The van der Waals surface area contributed by atoms with Gasteiger partial charge in [0.25, 0.3) is 5.91 Å². The lowest BCUT2D eigenvalue weighted by Gasteiger charge is -2.21. The Bertz CT molecular complexity index is 772. The summed E-state index contributed by atoms with van der Waals surface area (Å²) >= 11 is 1.59. The molecule has 1 aromatic heterocycles. The average Bonchev–Trinajstić information content (AvgIpc) is 3.13. The molecule has 2 heterocycles. The zero-order valence-electron chi connectivity index (χ0n) is 14.8. The Morgan fingerprint density at radius 3 is 2.64 bits per heavy atom. The number of nitrogens with zero attached hydrogens (tertiary/aromatic N) is 2. The first-order valence-corrected chi connectivity index (χ1v) is 9.41. The number of aromatic nitrogens is 1. The highest BCUT2D eigenvalue weighted by Gasteiger charge is 2.48. The lowest BCUT2D eigenvalue weighted by molar-refractivity contribution is -0.131. The van der Waals surface area contributed by atoms with Gasteiger partial charge < -0.3 is 5.32 Å². The minimum atomic E-state index is -1.02. The van der Waals surface area contributed by atoms with Crippen molar-refractivity contribution < 1.29 is 9.59 Å². The van der Waals surface area contributed by atoms with E-state index in [1.165, 1.54) is 4.90 Å². The van der Waals surface area contributed by atoms with Gasteiger partial charge >= 0.3 is 6.03 Å². The second-order valence-corrected chi connectivity index (χ2v) is 7.92. The van der Waals surface area contributed by atoms with Crippen LogP contribution in [0.15, 0.2) is 35.7 Å². The van der Waals surface area contributed by atoms with Crippen molar-refractivity contribution in [3.8, 4) is 0 Å². The van der Waals surface area contributed by atoms with Crippen LogP contribution in [0.2, 0.25) is 0 Å². The fourth-order valence-electron chi connectivity index (χ4n) is 2.92. The van der Waals surface area contributed by atoms with Gasteiger partial charge in [-0.1, -0.05) is 44.2 Å². The molecule has 5 nitrogen and oxygen atoms in total. The lowest BCUT2D eigenvalue weighted by Crippen LogP contribution is -2.40. The smallest absolute Gasteiger partial charge is 0.319 e. The Balaban J connectivity index is 1.73. The molecule has 6 heteroatoms. The van der Waals surface area contributed by atoms with Gasteiger partial charge in [0.15, 0.2) is 0 Å². The second-order valence-electron chi connectivity index (χ2n) is 6.98. The lowest BCUT2D eigenvalue weighted by atomic mass is 9.92. The molecule has 3 rings (SSSR count). The normalized spacial score (nSPS) is 20.4. The summed E-state index contributed by atoms with van der Waals surface area (Å²) in [7, 11) is 0. The van der Waals surface area contributed by atoms with Gasteiger partial charge in [-0.3, -0.25) is 9.69 Å². The second kappa shape index (κ2) is 6.96. The van der Waals surface area contributed by atoms with Crippen molar-refractivity contribution in [1.29, 1.82) is 0 Å². The predicted octanol–water partition coefficient (Wildman–Crippen LogP) is 3.70. The third-order valence-corrected chi connectivity index (χ3v) is 5.44. The summed E-state index contributed by atoms with van der Waals surface area (Å²) in [6.45, 7) is 6.33. The number of carbonyl (C=O) groups is 2. The van der Waals surface area contributed by atoms with Crippen molar-refractivity contribution in [1.82, 2.24) is 15.2 Å². The summed E-state index contributed by atoms with van der Waals surface area (Å²) in [6.07, 6.45) is 2.02. The predicted molar refractivity (Wildman–Crippen MR) is 98.1 cm³/mol. The summed E-state index contributed by atoms with van der Waals surface area (Å²) in [4.78, 5) is 31.1. The SMILES string of the molecule is CC(C)CCc1nc(CN2C(=O)NC(C)(c3ccccc3)C2=O)cs1. The maximum Gasteiger partial charge on any atom is 0.325 e. The third kappa shape index (κ3) is 3.58. The molecule has 1 N–H and O–H groups in total. The minimum Gasteiger partial charge on any atom is -0.319 e. The summed E-state index contributed by atoms with van der Waals surface area (Å²) in [5.41, 5.74) is 0.533.